The molecular weight excluding hydrogens is 348 g/mol. The molecule has 0 spiro atoms. The Kier molecular flexibility index (Phi) is 5.83. The van der Waals surface area contributed by atoms with E-state index in [1.165, 1.54) is 0 Å². The minimum atomic E-state index is -0.709. The fraction of sp³-hybridized carbons (Fsp3) is 0.562. The van der Waals surface area contributed by atoms with Gasteiger partial charge < -0.3 is 19.7 Å². The quantitative estimate of drug-likeness (QED) is 0.862. The summed E-state index contributed by atoms with van der Waals surface area (Å²) in [5.41, 5.74) is 0.257. The molecule has 1 aromatic carbocycles. The van der Waals surface area contributed by atoms with Gasteiger partial charge in [-0.1, -0.05) is 15.9 Å². The highest BCUT2D eigenvalue weighted by Gasteiger charge is 2.41. The summed E-state index contributed by atoms with van der Waals surface area (Å²) in [5, 5.41) is 3.27. The third-order valence-corrected chi connectivity index (χ3v) is 4.68. The second-order valence-electron chi connectivity index (χ2n) is 5.57. The van der Waals surface area contributed by atoms with Crippen LogP contribution in [0, 0.1) is 0 Å². The van der Waals surface area contributed by atoms with E-state index in [0.29, 0.717) is 19.4 Å². The van der Waals surface area contributed by atoms with E-state index in [9.17, 15) is 4.79 Å². The summed E-state index contributed by atoms with van der Waals surface area (Å²) >= 11 is 3.46. The fourth-order valence-corrected chi connectivity index (χ4v) is 3.29. The molecule has 0 aliphatic carbocycles. The highest BCUT2D eigenvalue weighted by atomic mass is 79.9. The van der Waals surface area contributed by atoms with Crippen LogP contribution in [-0.2, 0) is 16.1 Å². The summed E-state index contributed by atoms with van der Waals surface area (Å²) in [5.74, 6) is 0.804. The van der Waals surface area contributed by atoms with Gasteiger partial charge in [-0.05, 0) is 44.1 Å². The normalized spacial score (nSPS) is 17.1. The smallest absolute Gasteiger partial charge is 0.254 e. The monoisotopic (exact) mass is 370 g/mol. The van der Waals surface area contributed by atoms with Crippen LogP contribution in [0.3, 0.4) is 0 Å². The van der Waals surface area contributed by atoms with E-state index in [2.05, 4.69) is 21.2 Å². The zero-order chi connectivity index (χ0) is 16.2. The molecule has 0 bridgehead atoms. The van der Waals surface area contributed by atoms with Crippen LogP contribution in [-0.4, -0.2) is 50.8 Å². The topological polar surface area (TPSA) is 50.8 Å². The third kappa shape index (κ3) is 3.62. The Balaban J connectivity index is 2.15. The zero-order valence-electron chi connectivity index (χ0n) is 13.3. The number of nitrogens with zero attached hydrogens (tertiary/aromatic N) is 1. The van der Waals surface area contributed by atoms with Crippen molar-refractivity contribution in [3.63, 3.8) is 0 Å². The van der Waals surface area contributed by atoms with Crippen molar-refractivity contribution in [2.24, 2.45) is 0 Å². The number of nitrogens with one attached hydrogen (secondary N) is 1. The number of halogens is 1. The second kappa shape index (κ2) is 7.44. The minimum absolute atomic E-state index is 0.0264. The number of likely N-dealkylation sites (N-methyl/N-ethyl adjacent to an activating group) is 1. The molecule has 1 N–H and O–H groups in total. The number of ether oxygens (including phenoxy) is 2. The molecule has 1 saturated heterocycles. The zero-order valence-corrected chi connectivity index (χ0v) is 14.9. The molecule has 0 unspecified atom stereocenters. The van der Waals surface area contributed by atoms with Crippen LogP contribution in [0.4, 0.5) is 0 Å². The lowest BCUT2D eigenvalue weighted by molar-refractivity contribution is -0.157. The van der Waals surface area contributed by atoms with Gasteiger partial charge >= 0.3 is 0 Å². The summed E-state index contributed by atoms with van der Waals surface area (Å²) in [6.45, 7) is 2.08. The number of hydrogen-bond acceptors (Lipinski definition) is 4. The van der Waals surface area contributed by atoms with Gasteiger partial charge in [0.25, 0.3) is 5.91 Å². The first-order valence-corrected chi connectivity index (χ1v) is 8.15. The second-order valence-corrected chi connectivity index (χ2v) is 6.48. The van der Waals surface area contributed by atoms with Crippen LogP contribution >= 0.6 is 15.9 Å². The first kappa shape index (κ1) is 17.2. The Morgan fingerprint density at radius 2 is 2.05 bits per heavy atom. The van der Waals surface area contributed by atoms with E-state index in [1.807, 2.05) is 25.2 Å². The maximum absolute atomic E-state index is 12.9. The SMILES string of the molecule is COc1ccc(Br)cc1CN(C)C(=O)C1(OC)CCNCC1. The summed E-state index contributed by atoms with van der Waals surface area (Å²) < 4.78 is 12.0. The molecule has 2 rings (SSSR count). The molecule has 0 atom stereocenters. The van der Waals surface area contributed by atoms with Gasteiger partial charge in [0.1, 0.15) is 11.4 Å². The Morgan fingerprint density at radius 3 is 2.64 bits per heavy atom. The Morgan fingerprint density at radius 1 is 1.36 bits per heavy atom. The fourth-order valence-electron chi connectivity index (χ4n) is 2.88. The lowest BCUT2D eigenvalue weighted by atomic mass is 9.90. The molecule has 1 amide bonds. The molecular formula is C16H23BrN2O3. The number of methoxy groups -OCH3 is 2. The predicted octanol–water partition coefficient (Wildman–Crippen LogP) is 2.18. The lowest BCUT2D eigenvalue weighted by Gasteiger charge is -2.37. The van der Waals surface area contributed by atoms with E-state index >= 15 is 0 Å². The molecule has 0 saturated carbocycles. The van der Waals surface area contributed by atoms with Crippen LogP contribution < -0.4 is 10.1 Å². The van der Waals surface area contributed by atoms with E-state index in [0.717, 1.165) is 28.9 Å². The van der Waals surface area contributed by atoms with E-state index in [1.54, 1.807) is 19.1 Å². The number of carbonyl (C=O) groups excluding carboxylic acids is 1. The summed E-state index contributed by atoms with van der Waals surface area (Å²) in [7, 11) is 5.07. The van der Waals surface area contributed by atoms with Crippen molar-refractivity contribution in [2.75, 3.05) is 34.4 Å². The first-order valence-electron chi connectivity index (χ1n) is 7.36. The van der Waals surface area contributed by atoms with Crippen LogP contribution in [0.25, 0.3) is 0 Å². The maximum Gasteiger partial charge on any atom is 0.254 e. The van der Waals surface area contributed by atoms with Gasteiger partial charge in [-0.25, -0.2) is 0 Å². The van der Waals surface area contributed by atoms with Crippen LogP contribution in [0.2, 0.25) is 0 Å². The van der Waals surface area contributed by atoms with Crippen molar-refractivity contribution in [1.82, 2.24) is 10.2 Å². The van der Waals surface area contributed by atoms with Crippen molar-refractivity contribution in [2.45, 2.75) is 25.0 Å². The van der Waals surface area contributed by atoms with Crippen molar-refractivity contribution in [3.8, 4) is 5.75 Å². The Bertz CT molecular complexity index is 530. The van der Waals surface area contributed by atoms with Gasteiger partial charge in [0, 0.05) is 30.7 Å². The summed E-state index contributed by atoms with van der Waals surface area (Å²) in [6, 6.07) is 5.80. The van der Waals surface area contributed by atoms with Crippen LogP contribution in [0.1, 0.15) is 18.4 Å². The van der Waals surface area contributed by atoms with Gasteiger partial charge in [-0.3, -0.25) is 4.79 Å². The molecule has 0 radical (unpaired) electrons. The molecule has 1 aliphatic rings. The minimum Gasteiger partial charge on any atom is -0.496 e. The predicted molar refractivity (Wildman–Crippen MR) is 89.0 cm³/mol. The van der Waals surface area contributed by atoms with Crippen molar-refractivity contribution >= 4 is 21.8 Å². The van der Waals surface area contributed by atoms with Crippen LogP contribution in [0.5, 0.6) is 5.75 Å². The number of benzene rings is 1. The van der Waals surface area contributed by atoms with Gasteiger partial charge in [0.05, 0.1) is 7.11 Å². The largest absolute Gasteiger partial charge is 0.496 e. The summed E-state index contributed by atoms with van der Waals surface area (Å²) in [6.07, 6.45) is 1.39. The number of hydrogen-bond donors (Lipinski definition) is 1. The lowest BCUT2D eigenvalue weighted by Crippen LogP contribution is -2.54. The summed E-state index contributed by atoms with van der Waals surface area (Å²) in [4.78, 5) is 14.6. The maximum atomic E-state index is 12.9. The van der Waals surface area contributed by atoms with E-state index < -0.39 is 5.60 Å². The van der Waals surface area contributed by atoms with Gasteiger partial charge in [0.2, 0.25) is 0 Å². The molecule has 1 aliphatic heterocycles. The Hall–Kier alpha value is -1.11. The highest BCUT2D eigenvalue weighted by Crippen LogP contribution is 2.28. The molecule has 6 heteroatoms. The third-order valence-electron chi connectivity index (χ3n) is 4.19. The highest BCUT2D eigenvalue weighted by molar-refractivity contribution is 9.10. The molecule has 22 heavy (non-hydrogen) atoms. The van der Waals surface area contributed by atoms with Crippen molar-refractivity contribution < 1.29 is 14.3 Å². The molecule has 122 valence electrons. The number of rotatable bonds is 5. The van der Waals surface area contributed by atoms with Crippen molar-refractivity contribution in [3.05, 3.63) is 28.2 Å². The molecule has 1 aromatic rings. The Labute approximate surface area is 140 Å². The number of piperidine rings is 1. The van der Waals surface area contributed by atoms with Crippen LogP contribution in [0.15, 0.2) is 22.7 Å². The standard InChI is InChI=1S/C16H23BrN2O3/c1-19(11-12-10-13(17)4-5-14(12)21-2)15(20)16(22-3)6-8-18-9-7-16/h4-5,10,18H,6-9,11H2,1-3H3. The molecule has 1 heterocycles. The van der Waals surface area contributed by atoms with E-state index in [-0.39, 0.29) is 5.91 Å². The van der Waals surface area contributed by atoms with Gasteiger partial charge in [0.15, 0.2) is 0 Å². The van der Waals surface area contributed by atoms with E-state index in [4.69, 9.17) is 9.47 Å². The molecule has 5 nitrogen and oxygen atoms in total. The van der Waals surface area contributed by atoms with Crippen molar-refractivity contribution in [1.29, 1.82) is 0 Å². The molecule has 0 aromatic heterocycles. The average molecular weight is 371 g/mol. The number of carbonyl (C=O) groups is 1. The average Bonchev–Trinajstić information content (AvgIpc) is 2.55. The van der Waals surface area contributed by atoms with Gasteiger partial charge in [-0.2, -0.15) is 0 Å². The van der Waals surface area contributed by atoms with Gasteiger partial charge in [-0.15, -0.1) is 0 Å². The first-order chi connectivity index (χ1) is 10.5. The molecule has 1 fully saturated rings. The number of amides is 1.